The number of benzene rings is 3. The lowest BCUT2D eigenvalue weighted by Crippen LogP contribution is -2.40. The third kappa shape index (κ3) is 3.03. The Morgan fingerprint density at radius 1 is 0.871 bits per heavy atom. The Morgan fingerprint density at radius 2 is 1.55 bits per heavy atom. The van der Waals surface area contributed by atoms with Gasteiger partial charge in [-0.15, -0.1) is 0 Å². The Bertz CT molecular complexity index is 1140. The first-order valence-electron chi connectivity index (χ1n) is 10.7. The molecule has 3 aliphatic rings. The smallest absolute Gasteiger partial charge is 0.231 e. The van der Waals surface area contributed by atoms with Crippen molar-refractivity contribution in [3.05, 3.63) is 82.4 Å². The number of hydrogen-bond acceptors (Lipinski definition) is 5. The summed E-state index contributed by atoms with van der Waals surface area (Å²) in [7, 11) is 3.93. The highest BCUT2D eigenvalue weighted by molar-refractivity contribution is 5.56. The quantitative estimate of drug-likeness (QED) is 0.610. The van der Waals surface area contributed by atoms with Crippen LogP contribution in [0.3, 0.4) is 0 Å². The molecule has 6 rings (SSSR count). The zero-order valence-corrected chi connectivity index (χ0v) is 17.8. The van der Waals surface area contributed by atoms with Gasteiger partial charge in [0.25, 0.3) is 0 Å². The van der Waals surface area contributed by atoms with Gasteiger partial charge >= 0.3 is 0 Å². The minimum Gasteiger partial charge on any atom is -0.493 e. The van der Waals surface area contributed by atoms with Crippen LogP contribution in [0.15, 0.2) is 54.6 Å². The van der Waals surface area contributed by atoms with Crippen LogP contribution >= 0.6 is 0 Å². The largest absolute Gasteiger partial charge is 0.493 e. The van der Waals surface area contributed by atoms with Gasteiger partial charge in [0.2, 0.25) is 6.79 Å². The monoisotopic (exact) mass is 415 g/mol. The lowest BCUT2D eigenvalue weighted by atomic mass is 9.76. The van der Waals surface area contributed by atoms with Gasteiger partial charge in [-0.05, 0) is 72.0 Å². The third-order valence-corrected chi connectivity index (χ3v) is 6.82. The molecule has 0 aromatic heterocycles. The Balaban J connectivity index is 1.36. The molecular formula is C26H25NO4. The SMILES string of the molecule is COc1cc2c(cc1OCc1ccccc1)C[C@H]1c3cc4c(cc3C[C@@H]2N1C)OCO4. The van der Waals surface area contributed by atoms with E-state index in [2.05, 4.69) is 48.3 Å². The molecule has 0 amide bonds. The molecule has 31 heavy (non-hydrogen) atoms. The second-order valence-electron chi connectivity index (χ2n) is 8.49. The van der Waals surface area contributed by atoms with E-state index in [1.54, 1.807) is 7.11 Å². The first-order valence-corrected chi connectivity index (χ1v) is 10.7. The van der Waals surface area contributed by atoms with Crippen molar-refractivity contribution in [3.63, 3.8) is 0 Å². The van der Waals surface area contributed by atoms with Crippen LogP contribution in [0.1, 0.15) is 39.9 Å². The van der Waals surface area contributed by atoms with Crippen LogP contribution in [0.4, 0.5) is 0 Å². The van der Waals surface area contributed by atoms with Gasteiger partial charge in [0.05, 0.1) is 7.11 Å². The molecule has 158 valence electrons. The van der Waals surface area contributed by atoms with Crippen LogP contribution in [-0.4, -0.2) is 25.9 Å². The van der Waals surface area contributed by atoms with Crippen molar-refractivity contribution in [1.29, 1.82) is 0 Å². The fourth-order valence-corrected chi connectivity index (χ4v) is 5.18. The summed E-state index contributed by atoms with van der Waals surface area (Å²) >= 11 is 0. The van der Waals surface area contributed by atoms with Crippen molar-refractivity contribution < 1.29 is 18.9 Å². The van der Waals surface area contributed by atoms with Gasteiger partial charge in [0.15, 0.2) is 23.0 Å². The van der Waals surface area contributed by atoms with Gasteiger partial charge in [-0.1, -0.05) is 30.3 Å². The van der Waals surface area contributed by atoms with Gasteiger partial charge in [-0.3, -0.25) is 4.90 Å². The van der Waals surface area contributed by atoms with E-state index in [1.807, 2.05) is 18.2 Å². The molecular weight excluding hydrogens is 390 g/mol. The van der Waals surface area contributed by atoms with Crippen LogP contribution < -0.4 is 18.9 Å². The van der Waals surface area contributed by atoms with E-state index in [9.17, 15) is 0 Å². The molecule has 2 bridgehead atoms. The van der Waals surface area contributed by atoms with Crippen molar-refractivity contribution in [1.82, 2.24) is 4.90 Å². The van der Waals surface area contributed by atoms with Crippen molar-refractivity contribution in [2.45, 2.75) is 31.5 Å². The lowest BCUT2D eigenvalue weighted by Gasteiger charge is -2.46. The molecule has 0 saturated heterocycles. The number of hydrogen-bond donors (Lipinski definition) is 0. The zero-order valence-electron chi connectivity index (χ0n) is 17.8. The van der Waals surface area contributed by atoms with E-state index in [4.69, 9.17) is 18.9 Å². The minimum absolute atomic E-state index is 0.304. The maximum atomic E-state index is 6.18. The second-order valence-corrected chi connectivity index (χ2v) is 8.49. The standard InChI is InChI=1S/C26H25NO4/c1-27-21-9-18-11-25-26(31-15-30-25)13-20(18)22(27)8-17-10-24(23(28-2)12-19(17)21)29-14-16-6-4-3-5-7-16/h3-7,10-13,21-22H,8-9,14-15H2,1-2H3/t21-,22-/m0/s1. The second kappa shape index (κ2) is 7.20. The lowest BCUT2D eigenvalue weighted by molar-refractivity contribution is 0.137. The van der Waals surface area contributed by atoms with Crippen LogP contribution in [0, 0.1) is 0 Å². The predicted octanol–water partition coefficient (Wildman–Crippen LogP) is 4.83. The molecule has 3 aromatic carbocycles. The molecule has 0 unspecified atom stereocenters. The van der Waals surface area contributed by atoms with E-state index < -0.39 is 0 Å². The number of likely N-dealkylation sites (N-methyl/N-ethyl adjacent to an activating group) is 1. The molecule has 3 heterocycles. The topological polar surface area (TPSA) is 40.2 Å². The van der Waals surface area contributed by atoms with E-state index in [-0.39, 0.29) is 0 Å². The molecule has 3 aromatic rings. The molecule has 0 radical (unpaired) electrons. The third-order valence-electron chi connectivity index (χ3n) is 6.82. The highest BCUT2D eigenvalue weighted by atomic mass is 16.7. The fourth-order valence-electron chi connectivity index (χ4n) is 5.18. The molecule has 2 atom stereocenters. The van der Waals surface area contributed by atoms with Crippen LogP contribution in [0.5, 0.6) is 23.0 Å². The molecule has 0 aliphatic carbocycles. The van der Waals surface area contributed by atoms with Crippen LogP contribution in [0.2, 0.25) is 0 Å². The summed E-state index contributed by atoms with van der Waals surface area (Å²) in [5.74, 6) is 3.32. The first kappa shape index (κ1) is 18.6. The van der Waals surface area contributed by atoms with E-state index in [0.29, 0.717) is 25.5 Å². The average molecular weight is 415 g/mol. The number of ether oxygens (including phenoxy) is 4. The maximum absolute atomic E-state index is 6.18. The van der Waals surface area contributed by atoms with Gasteiger partial charge in [0, 0.05) is 12.1 Å². The molecule has 0 N–H and O–H groups in total. The van der Waals surface area contributed by atoms with Crippen LogP contribution in [-0.2, 0) is 19.4 Å². The maximum Gasteiger partial charge on any atom is 0.231 e. The molecule has 0 saturated carbocycles. The number of rotatable bonds is 4. The zero-order chi connectivity index (χ0) is 20.9. The van der Waals surface area contributed by atoms with Gasteiger partial charge in [0.1, 0.15) is 6.61 Å². The summed E-state index contributed by atoms with van der Waals surface area (Å²) < 4.78 is 23.2. The molecule has 0 spiro atoms. The Kier molecular flexibility index (Phi) is 4.32. The van der Waals surface area contributed by atoms with E-state index >= 15 is 0 Å². The predicted molar refractivity (Wildman–Crippen MR) is 117 cm³/mol. The number of fused-ring (bicyclic) bond motifs is 7. The summed E-state index contributed by atoms with van der Waals surface area (Å²) in [5, 5.41) is 0. The average Bonchev–Trinajstić information content (AvgIpc) is 3.25. The summed E-state index contributed by atoms with van der Waals surface area (Å²) in [6, 6.07) is 19.5. The van der Waals surface area contributed by atoms with E-state index in [0.717, 1.165) is 41.4 Å². The minimum atomic E-state index is 0.304. The highest BCUT2D eigenvalue weighted by Gasteiger charge is 2.40. The molecule has 5 heteroatoms. The Morgan fingerprint density at radius 3 is 2.29 bits per heavy atom. The number of nitrogens with zero attached hydrogens (tertiary/aromatic N) is 1. The highest BCUT2D eigenvalue weighted by Crippen LogP contribution is 2.51. The normalized spacial score (nSPS) is 20.7. The summed E-state index contributed by atoms with van der Waals surface area (Å²) in [6.45, 7) is 0.830. The van der Waals surface area contributed by atoms with Gasteiger partial charge < -0.3 is 18.9 Å². The first-order chi connectivity index (χ1) is 15.2. The van der Waals surface area contributed by atoms with Gasteiger partial charge in [-0.2, -0.15) is 0 Å². The summed E-state index contributed by atoms with van der Waals surface area (Å²) in [6.07, 6.45) is 1.88. The summed E-state index contributed by atoms with van der Waals surface area (Å²) in [5.41, 5.74) is 6.50. The van der Waals surface area contributed by atoms with Crippen molar-refractivity contribution in [3.8, 4) is 23.0 Å². The fraction of sp³-hybridized carbons (Fsp3) is 0.308. The molecule has 5 nitrogen and oxygen atoms in total. The van der Waals surface area contributed by atoms with Crippen molar-refractivity contribution in [2.24, 2.45) is 0 Å². The van der Waals surface area contributed by atoms with E-state index in [1.165, 1.54) is 22.3 Å². The molecule has 3 aliphatic heterocycles. The molecule has 0 fully saturated rings. The number of methoxy groups -OCH3 is 1. The Labute approximate surface area is 182 Å². The van der Waals surface area contributed by atoms with Crippen molar-refractivity contribution in [2.75, 3.05) is 21.0 Å². The Hall–Kier alpha value is -3.18. The van der Waals surface area contributed by atoms with Crippen LogP contribution in [0.25, 0.3) is 0 Å². The van der Waals surface area contributed by atoms with Crippen molar-refractivity contribution >= 4 is 0 Å². The summed E-state index contributed by atoms with van der Waals surface area (Å²) in [4.78, 5) is 2.48. The van der Waals surface area contributed by atoms with Gasteiger partial charge in [-0.25, -0.2) is 0 Å².